The van der Waals surface area contributed by atoms with Gasteiger partial charge in [0.25, 0.3) is 5.91 Å². The van der Waals surface area contributed by atoms with Crippen LogP contribution in [0.2, 0.25) is 0 Å². The van der Waals surface area contributed by atoms with Gasteiger partial charge in [-0.25, -0.2) is 14.4 Å². The molecule has 0 radical (unpaired) electrons. The molecular weight excluding hydrogens is 901 g/mol. The second-order valence-electron chi connectivity index (χ2n) is 19.0. The molecule has 6 amide bonds. The number of nitrogens with one attached hydrogen (secondary N) is 4. The first-order valence-corrected chi connectivity index (χ1v) is 24.8. The van der Waals surface area contributed by atoms with Crippen molar-refractivity contribution in [1.82, 2.24) is 31.1 Å². The van der Waals surface area contributed by atoms with E-state index in [1.54, 1.807) is 58.0 Å². The molecule has 392 valence electrons. The summed E-state index contributed by atoms with van der Waals surface area (Å²) in [6, 6.07) is 4.35. The van der Waals surface area contributed by atoms with Gasteiger partial charge in [-0.15, -0.1) is 0 Å². The molecule has 1 aliphatic heterocycles. The van der Waals surface area contributed by atoms with Crippen molar-refractivity contribution in [3.8, 4) is 0 Å². The van der Waals surface area contributed by atoms with Gasteiger partial charge in [-0.1, -0.05) is 103 Å². The summed E-state index contributed by atoms with van der Waals surface area (Å²) in [4.78, 5) is 113. The number of benzene rings is 1. The maximum Gasteiger partial charge on any atom is 0.407 e. The van der Waals surface area contributed by atoms with Crippen molar-refractivity contribution >= 4 is 47.6 Å². The van der Waals surface area contributed by atoms with E-state index in [-0.39, 0.29) is 37.4 Å². The summed E-state index contributed by atoms with van der Waals surface area (Å²) in [5, 5.41) is 19.9. The van der Waals surface area contributed by atoms with E-state index in [1.165, 1.54) is 45.8 Å². The molecule has 0 unspecified atom stereocenters. The highest BCUT2D eigenvalue weighted by Gasteiger charge is 2.37. The number of aliphatic hydroxyl groups excluding tert-OH is 1. The molecule has 0 saturated carbocycles. The molecule has 2 rings (SSSR count). The number of esters is 2. The van der Waals surface area contributed by atoms with Crippen molar-refractivity contribution in [2.45, 2.75) is 170 Å². The van der Waals surface area contributed by atoms with Gasteiger partial charge in [-0.05, 0) is 76.9 Å². The number of nitrogens with zero attached hydrogens (tertiary/aromatic N) is 2. The summed E-state index contributed by atoms with van der Waals surface area (Å²) in [5.41, 5.74) is 1.43. The Balaban J connectivity index is 2.67. The molecule has 9 atom stereocenters. The summed E-state index contributed by atoms with van der Waals surface area (Å²) < 4.78 is 17.9. The standard InChI is InChI=1S/C52H82N6O12/c1-13-33(5)44-47(62)55-38(10)51(66)70-45(34(6)14-2)36(8)41(69-52(67)53-27-21-16-15-17-22-28-59)26-25-35(7)50(65)68-42(29-32(3)4)46(61)54-37(9)48(63)58(12)40(30-39-23-19-18-20-24-39)49(64)57(11)31-43(60)56-44/h14,18-20,23-25,32-33,36-38,40-42,44-45,59H,13,15-17,21-22,26-31H2,1-12H3,(H,53,67)(H,54,61)(H,55,62)(H,56,60)/b34-14+,35-25-/t33-,36+,37+,38-,40-,41+,42+,44+,45-/m1/s1. The Labute approximate surface area is 415 Å². The molecule has 0 aliphatic carbocycles. The van der Waals surface area contributed by atoms with E-state index in [0.717, 1.165) is 29.7 Å². The van der Waals surface area contributed by atoms with E-state index in [0.29, 0.717) is 31.4 Å². The number of likely N-dealkylation sites (N-methyl/N-ethyl adjacent to an activating group) is 2. The predicted octanol–water partition coefficient (Wildman–Crippen LogP) is 4.91. The number of alkyl carbamates (subject to hydrolysis) is 1. The number of ether oxygens (including phenoxy) is 3. The van der Waals surface area contributed by atoms with E-state index in [2.05, 4.69) is 21.3 Å². The van der Waals surface area contributed by atoms with Gasteiger partial charge in [0.1, 0.15) is 36.4 Å². The molecule has 18 nitrogen and oxygen atoms in total. The third-order valence-corrected chi connectivity index (χ3v) is 12.7. The molecule has 0 saturated heterocycles. The number of carbonyl (C=O) groups excluding carboxylic acids is 8. The lowest BCUT2D eigenvalue weighted by atomic mass is 9.90. The molecule has 0 fully saturated rings. The van der Waals surface area contributed by atoms with Crippen molar-refractivity contribution < 1.29 is 57.7 Å². The lowest BCUT2D eigenvalue weighted by molar-refractivity contribution is -0.155. The number of cyclic esters (lactones) is 2. The molecule has 1 aromatic carbocycles. The Morgan fingerprint density at radius 1 is 0.886 bits per heavy atom. The number of hydrogen-bond donors (Lipinski definition) is 5. The average Bonchev–Trinajstić information content (AvgIpc) is 3.32. The van der Waals surface area contributed by atoms with Gasteiger partial charge < -0.3 is 50.4 Å². The van der Waals surface area contributed by atoms with Crippen LogP contribution in [0.15, 0.2) is 53.6 Å². The van der Waals surface area contributed by atoms with Gasteiger partial charge in [0, 0.05) is 51.6 Å². The predicted molar refractivity (Wildman–Crippen MR) is 266 cm³/mol. The van der Waals surface area contributed by atoms with Gasteiger partial charge in [0.05, 0.1) is 6.54 Å². The molecule has 18 heteroatoms. The number of carbonyl (C=O) groups is 8. The molecule has 0 spiro atoms. The van der Waals surface area contributed by atoms with Crippen LogP contribution in [0.5, 0.6) is 0 Å². The maximum absolute atomic E-state index is 14.3. The van der Waals surface area contributed by atoms with E-state index in [9.17, 15) is 38.4 Å². The first-order valence-electron chi connectivity index (χ1n) is 24.8. The number of rotatable bonds is 15. The zero-order valence-corrected chi connectivity index (χ0v) is 43.6. The van der Waals surface area contributed by atoms with Crippen LogP contribution in [0.25, 0.3) is 0 Å². The largest absolute Gasteiger partial charge is 0.456 e. The maximum atomic E-state index is 14.3. The minimum atomic E-state index is -1.32. The number of unbranched alkanes of at least 4 members (excludes halogenated alkanes) is 4. The fraction of sp³-hybridized carbons (Fsp3) is 0.654. The number of amides is 6. The van der Waals surface area contributed by atoms with E-state index < -0.39 is 108 Å². The molecule has 0 aromatic heterocycles. The van der Waals surface area contributed by atoms with Gasteiger partial charge >= 0.3 is 18.0 Å². The Hall–Kier alpha value is -5.78. The lowest BCUT2D eigenvalue weighted by Gasteiger charge is -2.33. The first kappa shape index (κ1) is 60.3. The van der Waals surface area contributed by atoms with E-state index in [1.807, 2.05) is 26.8 Å². The minimum Gasteiger partial charge on any atom is -0.456 e. The molecule has 1 aromatic rings. The minimum absolute atomic E-state index is 0.0404. The molecule has 1 heterocycles. The number of aliphatic hydroxyl groups is 1. The zero-order valence-electron chi connectivity index (χ0n) is 43.6. The third kappa shape index (κ3) is 19.9. The van der Waals surface area contributed by atoms with Crippen LogP contribution >= 0.6 is 0 Å². The summed E-state index contributed by atoms with van der Waals surface area (Å²) in [5.74, 6) is -6.15. The monoisotopic (exact) mass is 983 g/mol. The Kier molecular flexibility index (Phi) is 26.5. The van der Waals surface area contributed by atoms with E-state index in [4.69, 9.17) is 19.3 Å². The average molecular weight is 983 g/mol. The smallest absolute Gasteiger partial charge is 0.407 e. The van der Waals surface area contributed by atoms with Crippen LogP contribution in [0, 0.1) is 17.8 Å². The highest BCUT2D eigenvalue weighted by molar-refractivity contribution is 5.96. The molecular formula is C52H82N6O12. The zero-order chi connectivity index (χ0) is 52.7. The number of allylic oxidation sites excluding steroid dienone is 1. The second kappa shape index (κ2) is 30.7. The van der Waals surface area contributed by atoms with Crippen LogP contribution in [0.1, 0.15) is 126 Å². The fourth-order valence-corrected chi connectivity index (χ4v) is 7.83. The van der Waals surface area contributed by atoms with Crippen LogP contribution in [-0.4, -0.2) is 139 Å². The molecule has 5 N–H and O–H groups in total. The van der Waals surface area contributed by atoms with Gasteiger partial charge in [0.2, 0.25) is 23.6 Å². The normalized spacial score (nSPS) is 26.0. The third-order valence-electron chi connectivity index (χ3n) is 12.7. The molecule has 1 aliphatic rings. The van der Waals surface area contributed by atoms with Crippen molar-refractivity contribution in [2.75, 3.05) is 33.8 Å². The summed E-state index contributed by atoms with van der Waals surface area (Å²) in [6.07, 6.45) is 3.83. The Morgan fingerprint density at radius 2 is 1.51 bits per heavy atom. The van der Waals surface area contributed by atoms with Crippen LogP contribution in [0.4, 0.5) is 4.79 Å². The lowest BCUT2D eigenvalue weighted by Crippen LogP contribution is -2.57. The highest BCUT2D eigenvalue weighted by Crippen LogP contribution is 2.26. The Morgan fingerprint density at radius 3 is 2.13 bits per heavy atom. The van der Waals surface area contributed by atoms with Crippen molar-refractivity contribution in [3.63, 3.8) is 0 Å². The summed E-state index contributed by atoms with van der Waals surface area (Å²) in [6.45, 7) is 16.9. The van der Waals surface area contributed by atoms with Crippen molar-refractivity contribution in [1.29, 1.82) is 0 Å². The first-order chi connectivity index (χ1) is 33.1. The van der Waals surface area contributed by atoms with Crippen LogP contribution < -0.4 is 21.3 Å². The molecule has 70 heavy (non-hydrogen) atoms. The Bertz CT molecular complexity index is 1960. The topological polar surface area (TPSA) is 239 Å². The SMILES string of the molecule is C/C=C(\C)[C@H]1OC(=O)[C@@H](C)NC(=O)[C@H]([C@H](C)CC)NC(=O)CN(C)C(=O)[C@@H](Cc2ccccc2)N(C)C(=O)[C@H](C)NC(=O)[C@H](CC(C)C)OC(=O)/C(C)=C\C[C@H](OC(=O)NCCCCCCCO)[C@@H]1C. The summed E-state index contributed by atoms with van der Waals surface area (Å²) in [7, 11) is 2.84. The van der Waals surface area contributed by atoms with Crippen molar-refractivity contribution in [2.24, 2.45) is 17.8 Å². The number of hydrogen-bond acceptors (Lipinski definition) is 12. The second-order valence-corrected chi connectivity index (χ2v) is 19.0. The van der Waals surface area contributed by atoms with Gasteiger partial charge in [-0.3, -0.25) is 24.0 Å². The quantitative estimate of drug-likeness (QED) is 0.0682. The molecule has 0 bridgehead atoms. The van der Waals surface area contributed by atoms with E-state index >= 15 is 0 Å². The van der Waals surface area contributed by atoms with Gasteiger partial charge in [0.15, 0.2) is 6.10 Å². The van der Waals surface area contributed by atoms with Crippen molar-refractivity contribution in [3.05, 3.63) is 59.2 Å². The van der Waals surface area contributed by atoms with Crippen LogP contribution in [-0.2, 0) is 54.2 Å². The van der Waals surface area contributed by atoms with Crippen LogP contribution in [0.3, 0.4) is 0 Å². The summed E-state index contributed by atoms with van der Waals surface area (Å²) >= 11 is 0. The fourth-order valence-electron chi connectivity index (χ4n) is 7.83. The van der Waals surface area contributed by atoms with Gasteiger partial charge in [-0.2, -0.15) is 0 Å². The highest BCUT2D eigenvalue weighted by atomic mass is 16.6.